The molecule has 0 aliphatic heterocycles. The van der Waals surface area contributed by atoms with E-state index in [0.717, 1.165) is 39.3 Å². The standard InChI is InChI=1S/C19H22N4O2S/c1-4-20-18(24)16-12(2)15-17(22-11-23-19(15)26-16)21-10-9-13-7-5-6-8-14(13)25-3/h5-8,11H,4,9-10H2,1-3H3,(H,20,24)(H,21,22,23). The summed E-state index contributed by atoms with van der Waals surface area (Å²) in [6.07, 6.45) is 2.34. The summed E-state index contributed by atoms with van der Waals surface area (Å²) in [6.45, 7) is 5.16. The average Bonchev–Trinajstić information content (AvgIpc) is 3.00. The Hall–Kier alpha value is -2.67. The Balaban J connectivity index is 1.81. The summed E-state index contributed by atoms with van der Waals surface area (Å²) in [7, 11) is 1.68. The lowest BCUT2D eigenvalue weighted by atomic mass is 10.1. The minimum absolute atomic E-state index is 0.0621. The van der Waals surface area contributed by atoms with Crippen LogP contribution < -0.4 is 15.4 Å². The molecule has 0 bridgehead atoms. The SMILES string of the molecule is CCNC(=O)c1sc2ncnc(NCCc3ccccc3OC)c2c1C. The van der Waals surface area contributed by atoms with E-state index < -0.39 is 0 Å². The van der Waals surface area contributed by atoms with E-state index in [0.29, 0.717) is 18.0 Å². The highest BCUT2D eigenvalue weighted by Gasteiger charge is 2.18. The van der Waals surface area contributed by atoms with Gasteiger partial charge in [-0.2, -0.15) is 0 Å². The van der Waals surface area contributed by atoms with Crippen LogP contribution in [0.1, 0.15) is 27.7 Å². The van der Waals surface area contributed by atoms with Crippen molar-refractivity contribution < 1.29 is 9.53 Å². The van der Waals surface area contributed by atoms with Crippen molar-refractivity contribution in [3.63, 3.8) is 0 Å². The maximum absolute atomic E-state index is 12.2. The van der Waals surface area contributed by atoms with Gasteiger partial charge in [0, 0.05) is 13.1 Å². The zero-order valence-electron chi connectivity index (χ0n) is 15.1. The summed E-state index contributed by atoms with van der Waals surface area (Å²) in [4.78, 5) is 22.4. The minimum atomic E-state index is -0.0621. The lowest BCUT2D eigenvalue weighted by Crippen LogP contribution is -2.22. The zero-order chi connectivity index (χ0) is 18.5. The number of amides is 1. The van der Waals surface area contributed by atoms with Crippen molar-refractivity contribution in [2.45, 2.75) is 20.3 Å². The van der Waals surface area contributed by atoms with E-state index in [1.165, 1.54) is 17.7 Å². The van der Waals surface area contributed by atoms with Crippen LogP contribution in [0.5, 0.6) is 5.75 Å². The number of benzene rings is 1. The molecular weight excluding hydrogens is 348 g/mol. The van der Waals surface area contributed by atoms with Crippen LogP contribution in [0.4, 0.5) is 5.82 Å². The highest BCUT2D eigenvalue weighted by atomic mass is 32.1. The summed E-state index contributed by atoms with van der Waals surface area (Å²) in [5.41, 5.74) is 2.05. The number of ether oxygens (including phenoxy) is 1. The molecule has 2 N–H and O–H groups in total. The Labute approximate surface area is 156 Å². The molecule has 1 amide bonds. The van der Waals surface area contributed by atoms with Gasteiger partial charge in [0.25, 0.3) is 5.91 Å². The number of rotatable bonds is 7. The number of anilines is 1. The number of methoxy groups -OCH3 is 1. The van der Waals surface area contributed by atoms with Crippen LogP contribution in [-0.4, -0.2) is 36.1 Å². The Morgan fingerprint density at radius 2 is 2.08 bits per heavy atom. The topological polar surface area (TPSA) is 76.1 Å². The Bertz CT molecular complexity index is 923. The van der Waals surface area contributed by atoms with E-state index in [1.807, 2.05) is 32.0 Å². The molecule has 7 heteroatoms. The van der Waals surface area contributed by atoms with Crippen molar-refractivity contribution in [3.05, 3.63) is 46.6 Å². The van der Waals surface area contributed by atoms with Gasteiger partial charge in [-0.25, -0.2) is 9.97 Å². The third kappa shape index (κ3) is 3.62. The van der Waals surface area contributed by atoms with Gasteiger partial charge in [0.05, 0.1) is 17.4 Å². The second-order valence-electron chi connectivity index (χ2n) is 5.81. The normalized spacial score (nSPS) is 10.7. The Morgan fingerprint density at radius 3 is 2.85 bits per heavy atom. The Morgan fingerprint density at radius 1 is 1.27 bits per heavy atom. The zero-order valence-corrected chi connectivity index (χ0v) is 15.9. The van der Waals surface area contributed by atoms with Gasteiger partial charge in [-0.3, -0.25) is 4.79 Å². The van der Waals surface area contributed by atoms with E-state index >= 15 is 0 Å². The fraction of sp³-hybridized carbons (Fsp3) is 0.316. The van der Waals surface area contributed by atoms with Crippen molar-refractivity contribution in [2.75, 3.05) is 25.5 Å². The summed E-state index contributed by atoms with van der Waals surface area (Å²) < 4.78 is 5.39. The average molecular weight is 370 g/mol. The minimum Gasteiger partial charge on any atom is -0.496 e. The molecule has 26 heavy (non-hydrogen) atoms. The van der Waals surface area contributed by atoms with Crippen LogP contribution in [-0.2, 0) is 6.42 Å². The molecule has 1 aromatic carbocycles. The second-order valence-corrected chi connectivity index (χ2v) is 6.81. The molecule has 2 aromatic heterocycles. The van der Waals surface area contributed by atoms with Gasteiger partial charge in [-0.15, -0.1) is 11.3 Å². The van der Waals surface area contributed by atoms with Crippen molar-refractivity contribution >= 4 is 33.3 Å². The number of carbonyl (C=O) groups excluding carboxylic acids is 1. The van der Waals surface area contributed by atoms with Gasteiger partial charge >= 0.3 is 0 Å². The lowest BCUT2D eigenvalue weighted by Gasteiger charge is -2.10. The quantitative estimate of drug-likeness (QED) is 0.666. The van der Waals surface area contributed by atoms with E-state index in [9.17, 15) is 4.79 Å². The fourth-order valence-electron chi connectivity index (χ4n) is 2.89. The molecule has 0 radical (unpaired) electrons. The van der Waals surface area contributed by atoms with E-state index in [-0.39, 0.29) is 5.91 Å². The van der Waals surface area contributed by atoms with Gasteiger partial charge in [-0.05, 0) is 37.5 Å². The number of fused-ring (bicyclic) bond motifs is 1. The molecule has 0 atom stereocenters. The first kappa shape index (κ1) is 18.1. The first-order valence-electron chi connectivity index (χ1n) is 8.53. The first-order chi connectivity index (χ1) is 12.7. The number of para-hydroxylation sites is 1. The second kappa shape index (κ2) is 8.14. The van der Waals surface area contributed by atoms with Gasteiger partial charge in [0.2, 0.25) is 0 Å². The third-order valence-corrected chi connectivity index (χ3v) is 5.35. The smallest absolute Gasteiger partial charge is 0.261 e. The number of aryl methyl sites for hydroxylation is 1. The molecular formula is C19H22N4O2S. The molecule has 0 fully saturated rings. The number of hydrogen-bond acceptors (Lipinski definition) is 6. The fourth-order valence-corrected chi connectivity index (χ4v) is 3.95. The molecule has 0 unspecified atom stereocenters. The molecule has 136 valence electrons. The molecule has 0 saturated heterocycles. The van der Waals surface area contributed by atoms with Gasteiger partial charge in [0.15, 0.2) is 0 Å². The van der Waals surface area contributed by atoms with Gasteiger partial charge in [-0.1, -0.05) is 18.2 Å². The summed E-state index contributed by atoms with van der Waals surface area (Å²) in [5.74, 6) is 1.58. The predicted octanol–water partition coefficient (Wildman–Crippen LogP) is 3.41. The summed E-state index contributed by atoms with van der Waals surface area (Å²) in [6, 6.07) is 7.97. The van der Waals surface area contributed by atoms with Gasteiger partial charge in [0.1, 0.15) is 22.7 Å². The third-order valence-electron chi connectivity index (χ3n) is 4.15. The number of carbonyl (C=O) groups is 1. The number of nitrogens with one attached hydrogen (secondary N) is 2. The van der Waals surface area contributed by atoms with E-state index in [2.05, 4.69) is 26.7 Å². The molecule has 0 saturated carbocycles. The van der Waals surface area contributed by atoms with Crippen molar-refractivity contribution in [3.8, 4) is 5.75 Å². The highest BCUT2D eigenvalue weighted by molar-refractivity contribution is 7.20. The van der Waals surface area contributed by atoms with Crippen molar-refractivity contribution in [2.24, 2.45) is 0 Å². The molecule has 2 heterocycles. The summed E-state index contributed by atoms with van der Waals surface area (Å²) in [5, 5.41) is 7.15. The molecule has 3 rings (SSSR count). The van der Waals surface area contributed by atoms with E-state index in [4.69, 9.17) is 4.74 Å². The molecule has 3 aromatic rings. The van der Waals surface area contributed by atoms with Crippen LogP contribution in [0, 0.1) is 6.92 Å². The maximum atomic E-state index is 12.2. The molecule has 6 nitrogen and oxygen atoms in total. The van der Waals surface area contributed by atoms with Gasteiger partial charge < -0.3 is 15.4 Å². The van der Waals surface area contributed by atoms with Crippen molar-refractivity contribution in [1.29, 1.82) is 0 Å². The Kier molecular flexibility index (Phi) is 5.68. The van der Waals surface area contributed by atoms with Crippen LogP contribution in [0.15, 0.2) is 30.6 Å². The number of thiophene rings is 1. The molecule has 0 aliphatic rings. The highest BCUT2D eigenvalue weighted by Crippen LogP contribution is 2.33. The monoisotopic (exact) mass is 370 g/mol. The number of nitrogens with zero attached hydrogens (tertiary/aromatic N) is 2. The number of hydrogen-bond donors (Lipinski definition) is 2. The molecule has 0 aliphatic carbocycles. The van der Waals surface area contributed by atoms with Crippen molar-refractivity contribution in [1.82, 2.24) is 15.3 Å². The number of aromatic nitrogens is 2. The first-order valence-corrected chi connectivity index (χ1v) is 9.35. The van der Waals surface area contributed by atoms with Crippen LogP contribution in [0.3, 0.4) is 0 Å². The van der Waals surface area contributed by atoms with Crippen LogP contribution in [0.25, 0.3) is 10.2 Å². The predicted molar refractivity (Wildman–Crippen MR) is 105 cm³/mol. The molecule has 0 spiro atoms. The van der Waals surface area contributed by atoms with Crippen LogP contribution >= 0.6 is 11.3 Å². The van der Waals surface area contributed by atoms with Crippen LogP contribution in [0.2, 0.25) is 0 Å². The summed E-state index contributed by atoms with van der Waals surface area (Å²) >= 11 is 1.40. The van der Waals surface area contributed by atoms with E-state index in [1.54, 1.807) is 7.11 Å². The lowest BCUT2D eigenvalue weighted by molar-refractivity contribution is 0.0959. The maximum Gasteiger partial charge on any atom is 0.261 e. The largest absolute Gasteiger partial charge is 0.496 e.